The Morgan fingerprint density at radius 2 is 2.05 bits per heavy atom. The Labute approximate surface area is 132 Å². The van der Waals surface area contributed by atoms with Crippen molar-refractivity contribution in [2.45, 2.75) is 45.3 Å². The average Bonchev–Trinajstić information content (AvgIpc) is 3.10. The number of carbonyl (C=O) groups excluding carboxylic acids is 1. The summed E-state index contributed by atoms with van der Waals surface area (Å²) in [5.74, 6) is 1.31. The second kappa shape index (κ2) is 4.57. The molecule has 4 atom stereocenters. The van der Waals surface area contributed by atoms with Crippen molar-refractivity contribution in [1.82, 2.24) is 0 Å². The van der Waals surface area contributed by atoms with Crippen LogP contribution in [0.25, 0.3) is 0 Å². The second-order valence-corrected chi connectivity index (χ2v) is 8.05. The van der Waals surface area contributed by atoms with E-state index in [0.717, 1.165) is 12.3 Å². The molecule has 1 saturated heterocycles. The van der Waals surface area contributed by atoms with Gasteiger partial charge in [-0.15, -0.1) is 0 Å². The highest BCUT2D eigenvalue weighted by Crippen LogP contribution is 2.84. The van der Waals surface area contributed by atoms with E-state index in [9.17, 15) is 4.79 Å². The molecule has 4 nitrogen and oxygen atoms in total. The quantitative estimate of drug-likeness (QED) is 0.592. The van der Waals surface area contributed by atoms with E-state index < -0.39 is 0 Å². The Kier molecular flexibility index (Phi) is 3.06. The minimum absolute atomic E-state index is 0.207. The van der Waals surface area contributed by atoms with Crippen molar-refractivity contribution >= 4 is 5.97 Å². The van der Waals surface area contributed by atoms with Gasteiger partial charge in [-0.25, -0.2) is 4.79 Å². The van der Waals surface area contributed by atoms with Gasteiger partial charge in [0.15, 0.2) is 5.79 Å². The molecule has 2 spiro atoms. The first-order valence-electron chi connectivity index (χ1n) is 8.57. The first-order valence-corrected chi connectivity index (χ1v) is 8.57. The summed E-state index contributed by atoms with van der Waals surface area (Å²) in [5, 5.41) is 0. The minimum Gasteiger partial charge on any atom is -0.462 e. The molecule has 22 heavy (non-hydrogen) atoms. The largest absolute Gasteiger partial charge is 0.462 e. The molecular weight excluding hydrogens is 280 g/mol. The van der Waals surface area contributed by atoms with Gasteiger partial charge in [-0.2, -0.15) is 0 Å². The topological polar surface area (TPSA) is 44.8 Å². The summed E-state index contributed by atoms with van der Waals surface area (Å²) < 4.78 is 18.0. The monoisotopic (exact) mass is 306 g/mol. The van der Waals surface area contributed by atoms with E-state index in [1.807, 2.05) is 0 Å². The third-order valence-corrected chi connectivity index (χ3v) is 6.80. The van der Waals surface area contributed by atoms with Crippen LogP contribution in [0.3, 0.4) is 0 Å². The first-order chi connectivity index (χ1) is 10.5. The lowest BCUT2D eigenvalue weighted by atomic mass is 9.68. The Balaban J connectivity index is 1.42. The van der Waals surface area contributed by atoms with Crippen LogP contribution in [0.5, 0.6) is 0 Å². The normalized spacial score (nSPS) is 51.6. The van der Waals surface area contributed by atoms with E-state index >= 15 is 0 Å². The van der Waals surface area contributed by atoms with Crippen molar-refractivity contribution in [2.75, 3.05) is 19.8 Å². The Morgan fingerprint density at radius 1 is 1.32 bits per heavy atom. The first kappa shape index (κ1) is 14.7. The Morgan fingerprint density at radius 3 is 2.68 bits per heavy atom. The number of esters is 1. The van der Waals surface area contributed by atoms with Crippen LogP contribution in [-0.2, 0) is 19.0 Å². The SMILES string of the molecule is C=CC(=O)OCC1(CC)COC2(OC1)C1CC(C)CC13CC32. The summed E-state index contributed by atoms with van der Waals surface area (Å²) in [4.78, 5) is 11.3. The molecule has 4 rings (SSSR count). The summed E-state index contributed by atoms with van der Waals surface area (Å²) in [5.41, 5.74) is 0.349. The molecule has 1 heterocycles. The molecule has 0 bridgehead atoms. The highest BCUT2D eigenvalue weighted by atomic mass is 16.7. The van der Waals surface area contributed by atoms with Gasteiger partial charge in [0.05, 0.1) is 18.6 Å². The van der Waals surface area contributed by atoms with E-state index in [1.54, 1.807) is 0 Å². The van der Waals surface area contributed by atoms with Gasteiger partial charge in [-0.3, -0.25) is 0 Å². The van der Waals surface area contributed by atoms with Gasteiger partial charge < -0.3 is 14.2 Å². The summed E-state index contributed by atoms with van der Waals surface area (Å²) in [6.45, 7) is 9.50. The van der Waals surface area contributed by atoms with Crippen molar-refractivity contribution < 1.29 is 19.0 Å². The molecule has 1 aliphatic heterocycles. The zero-order valence-electron chi connectivity index (χ0n) is 13.6. The van der Waals surface area contributed by atoms with Crippen LogP contribution < -0.4 is 0 Å². The molecule has 0 N–H and O–H groups in total. The number of hydrogen-bond acceptors (Lipinski definition) is 4. The van der Waals surface area contributed by atoms with Crippen molar-refractivity contribution in [3.63, 3.8) is 0 Å². The van der Waals surface area contributed by atoms with Crippen LogP contribution in [0.4, 0.5) is 0 Å². The molecule has 4 unspecified atom stereocenters. The van der Waals surface area contributed by atoms with Crippen molar-refractivity contribution in [3.8, 4) is 0 Å². The molecule has 4 heteroatoms. The van der Waals surface area contributed by atoms with Gasteiger partial charge in [0, 0.05) is 17.9 Å². The molecule has 0 amide bonds. The number of ether oxygens (including phenoxy) is 3. The second-order valence-electron chi connectivity index (χ2n) is 8.05. The molecule has 0 aromatic rings. The predicted octanol–water partition coefficient (Wildman–Crippen LogP) is 2.92. The summed E-state index contributed by atoms with van der Waals surface area (Å²) in [7, 11) is 0. The van der Waals surface area contributed by atoms with E-state index in [4.69, 9.17) is 14.2 Å². The predicted molar refractivity (Wildman–Crippen MR) is 80.9 cm³/mol. The maximum absolute atomic E-state index is 11.3. The Hall–Kier alpha value is -0.870. The van der Waals surface area contributed by atoms with Gasteiger partial charge in [-0.1, -0.05) is 20.4 Å². The van der Waals surface area contributed by atoms with Crippen molar-refractivity contribution in [1.29, 1.82) is 0 Å². The van der Waals surface area contributed by atoms with Crippen LogP contribution in [0.15, 0.2) is 12.7 Å². The van der Waals surface area contributed by atoms with Crippen LogP contribution >= 0.6 is 0 Å². The Bertz CT molecular complexity index is 505. The molecular formula is C18H26O4. The maximum atomic E-state index is 11.3. The van der Waals surface area contributed by atoms with Gasteiger partial charge in [0.1, 0.15) is 6.61 Å². The summed E-state index contributed by atoms with van der Waals surface area (Å²) >= 11 is 0. The van der Waals surface area contributed by atoms with Crippen molar-refractivity contribution in [2.24, 2.45) is 28.6 Å². The zero-order chi connectivity index (χ0) is 15.6. The molecule has 4 aliphatic rings. The third-order valence-electron chi connectivity index (χ3n) is 6.80. The smallest absolute Gasteiger partial charge is 0.330 e. The minimum atomic E-state index is -0.373. The highest BCUT2D eigenvalue weighted by Gasteiger charge is 2.85. The molecule has 122 valence electrons. The van der Waals surface area contributed by atoms with Crippen LogP contribution in [0.1, 0.15) is 39.5 Å². The molecule has 0 aromatic carbocycles. The molecule has 4 fully saturated rings. The van der Waals surface area contributed by atoms with E-state index in [2.05, 4.69) is 20.4 Å². The molecule has 0 radical (unpaired) electrons. The van der Waals surface area contributed by atoms with Gasteiger partial charge in [-0.05, 0) is 37.0 Å². The lowest BCUT2D eigenvalue weighted by Gasteiger charge is -2.56. The maximum Gasteiger partial charge on any atom is 0.330 e. The fraction of sp³-hybridized carbons (Fsp3) is 0.833. The molecule has 3 saturated carbocycles. The zero-order valence-corrected chi connectivity index (χ0v) is 13.6. The number of fused-ring (bicyclic) bond motifs is 2. The number of hydrogen-bond donors (Lipinski definition) is 0. The van der Waals surface area contributed by atoms with Crippen LogP contribution in [0.2, 0.25) is 0 Å². The lowest BCUT2D eigenvalue weighted by molar-refractivity contribution is -0.379. The van der Waals surface area contributed by atoms with Crippen molar-refractivity contribution in [3.05, 3.63) is 12.7 Å². The van der Waals surface area contributed by atoms with E-state index in [0.29, 0.717) is 37.1 Å². The third kappa shape index (κ3) is 1.74. The van der Waals surface area contributed by atoms with Crippen LogP contribution in [-0.4, -0.2) is 31.6 Å². The van der Waals surface area contributed by atoms with Gasteiger partial charge in [0.25, 0.3) is 0 Å². The van der Waals surface area contributed by atoms with E-state index in [1.165, 1.54) is 25.3 Å². The van der Waals surface area contributed by atoms with E-state index in [-0.39, 0.29) is 17.2 Å². The number of carbonyl (C=O) groups is 1. The van der Waals surface area contributed by atoms with Gasteiger partial charge >= 0.3 is 5.97 Å². The molecule has 3 aliphatic carbocycles. The summed E-state index contributed by atoms with van der Waals surface area (Å²) in [6, 6.07) is 0. The highest BCUT2D eigenvalue weighted by molar-refractivity contribution is 5.81. The fourth-order valence-corrected chi connectivity index (χ4v) is 5.39. The van der Waals surface area contributed by atoms with Crippen LogP contribution in [0, 0.1) is 28.6 Å². The van der Waals surface area contributed by atoms with Gasteiger partial charge in [0.2, 0.25) is 0 Å². The molecule has 0 aromatic heterocycles. The fourth-order valence-electron chi connectivity index (χ4n) is 5.39. The lowest BCUT2D eigenvalue weighted by Crippen LogP contribution is -2.63. The number of rotatable bonds is 4. The average molecular weight is 306 g/mol. The standard InChI is InChI=1S/C18H26O4/c1-4-15(19)20-9-16(5-2)10-21-18(22-11-16)13-6-12(3)7-17(13)8-14(17)18/h4,12-14H,1,5-11H2,2-3H3. The summed E-state index contributed by atoms with van der Waals surface area (Å²) in [6.07, 6.45) is 5.96.